The van der Waals surface area contributed by atoms with Gasteiger partial charge >= 0.3 is 0 Å². The van der Waals surface area contributed by atoms with Crippen LogP contribution in [0.1, 0.15) is 23.2 Å². The highest BCUT2D eigenvalue weighted by Crippen LogP contribution is 2.25. The summed E-state index contributed by atoms with van der Waals surface area (Å²) in [5.74, 6) is -0.857. The number of hydrogen-bond acceptors (Lipinski definition) is 5. The van der Waals surface area contributed by atoms with Crippen molar-refractivity contribution < 1.29 is 22.3 Å². The van der Waals surface area contributed by atoms with Gasteiger partial charge in [0.05, 0.1) is 6.54 Å². The second-order valence-electron chi connectivity index (χ2n) is 7.36. The first-order valence-corrected chi connectivity index (χ1v) is 11.7. The summed E-state index contributed by atoms with van der Waals surface area (Å²) < 4.78 is 48.5. The van der Waals surface area contributed by atoms with E-state index >= 15 is 0 Å². The normalized spacial score (nSPS) is 14.4. The number of sulfonamides is 1. The number of halogens is 1. The first-order chi connectivity index (χ1) is 15.4. The largest absolute Gasteiger partial charge is 0.492 e. The summed E-state index contributed by atoms with van der Waals surface area (Å²) in [5, 5.41) is 6.80. The van der Waals surface area contributed by atoms with Gasteiger partial charge in [-0.3, -0.25) is 9.48 Å². The third-order valence-electron chi connectivity index (χ3n) is 5.12. The molecule has 0 spiro atoms. The summed E-state index contributed by atoms with van der Waals surface area (Å²) in [6.07, 6.45) is 5.00. The molecular weight excluding hydrogens is 435 g/mol. The average molecular weight is 459 g/mol. The van der Waals surface area contributed by atoms with Gasteiger partial charge in [0.2, 0.25) is 10.0 Å². The minimum Gasteiger partial charge on any atom is -0.492 e. The smallest absolute Gasteiger partial charge is 0.255 e. The van der Waals surface area contributed by atoms with Crippen LogP contribution in [0.15, 0.2) is 65.8 Å². The number of carbonyl (C=O) groups excluding carboxylic acids is 1. The Balaban J connectivity index is 1.45. The molecule has 0 radical (unpaired) electrons. The molecule has 8 nitrogen and oxygen atoms in total. The molecule has 10 heteroatoms. The molecular formula is C22H23FN4O4S. The van der Waals surface area contributed by atoms with Crippen molar-refractivity contribution in [3.8, 4) is 5.75 Å². The molecule has 1 aromatic heterocycles. The van der Waals surface area contributed by atoms with Crippen LogP contribution in [0, 0.1) is 5.82 Å². The van der Waals surface area contributed by atoms with Gasteiger partial charge in [0, 0.05) is 42.8 Å². The van der Waals surface area contributed by atoms with Crippen LogP contribution in [0.5, 0.6) is 5.75 Å². The van der Waals surface area contributed by atoms with Crippen LogP contribution in [0.3, 0.4) is 0 Å². The van der Waals surface area contributed by atoms with E-state index < -0.39 is 26.6 Å². The Morgan fingerprint density at radius 1 is 1.12 bits per heavy atom. The predicted octanol–water partition coefficient (Wildman–Crippen LogP) is 3.14. The van der Waals surface area contributed by atoms with Gasteiger partial charge in [-0.2, -0.15) is 9.40 Å². The molecule has 32 heavy (non-hydrogen) atoms. The number of anilines is 1. The van der Waals surface area contributed by atoms with Gasteiger partial charge in [0.25, 0.3) is 5.91 Å². The molecule has 0 aliphatic carbocycles. The van der Waals surface area contributed by atoms with Crippen LogP contribution in [0.2, 0.25) is 0 Å². The molecule has 3 aromatic rings. The van der Waals surface area contributed by atoms with Crippen molar-refractivity contribution in [1.29, 1.82) is 0 Å². The van der Waals surface area contributed by atoms with Gasteiger partial charge in [-0.05, 0) is 49.2 Å². The van der Waals surface area contributed by atoms with Crippen molar-refractivity contribution in [2.45, 2.75) is 24.3 Å². The number of benzene rings is 2. The van der Waals surface area contributed by atoms with Gasteiger partial charge in [-0.15, -0.1) is 0 Å². The van der Waals surface area contributed by atoms with Crippen molar-refractivity contribution >= 4 is 21.6 Å². The van der Waals surface area contributed by atoms with Crippen LogP contribution in [0.25, 0.3) is 0 Å². The summed E-state index contributed by atoms with van der Waals surface area (Å²) >= 11 is 0. The van der Waals surface area contributed by atoms with E-state index in [1.54, 1.807) is 35.1 Å². The van der Waals surface area contributed by atoms with Crippen molar-refractivity contribution in [3.63, 3.8) is 0 Å². The first-order valence-electron chi connectivity index (χ1n) is 10.2. The van der Waals surface area contributed by atoms with Gasteiger partial charge in [-0.25, -0.2) is 12.8 Å². The second-order valence-corrected chi connectivity index (χ2v) is 9.26. The number of nitrogens with one attached hydrogen (secondary N) is 1. The summed E-state index contributed by atoms with van der Waals surface area (Å²) in [6.45, 7) is 1.68. The number of amides is 1. The van der Waals surface area contributed by atoms with Crippen molar-refractivity contribution in [3.05, 3.63) is 72.3 Å². The predicted molar refractivity (Wildman–Crippen MR) is 117 cm³/mol. The Bertz CT molecular complexity index is 1190. The highest BCUT2D eigenvalue weighted by atomic mass is 32.2. The number of ether oxygens (including phenoxy) is 1. The summed E-state index contributed by atoms with van der Waals surface area (Å²) in [6, 6.07) is 12.0. The molecule has 2 heterocycles. The lowest BCUT2D eigenvalue weighted by molar-refractivity contribution is 0.102. The molecule has 1 amide bonds. The monoisotopic (exact) mass is 458 g/mol. The topological polar surface area (TPSA) is 93.5 Å². The minimum absolute atomic E-state index is 0.0502. The lowest BCUT2D eigenvalue weighted by Crippen LogP contribution is -2.29. The van der Waals surface area contributed by atoms with Gasteiger partial charge < -0.3 is 10.1 Å². The molecule has 0 bridgehead atoms. The van der Waals surface area contributed by atoms with Crippen LogP contribution >= 0.6 is 0 Å². The zero-order valence-corrected chi connectivity index (χ0v) is 18.1. The maximum absolute atomic E-state index is 14.3. The third-order valence-corrected chi connectivity index (χ3v) is 7.03. The minimum atomic E-state index is -3.98. The molecule has 0 atom stereocenters. The first kappa shape index (κ1) is 22.0. The Kier molecular flexibility index (Phi) is 6.52. The van der Waals surface area contributed by atoms with E-state index in [1.807, 2.05) is 12.3 Å². The zero-order chi connectivity index (χ0) is 22.6. The number of nitrogens with zero attached hydrogens (tertiary/aromatic N) is 3. The van der Waals surface area contributed by atoms with Crippen molar-refractivity contribution in [2.24, 2.45) is 0 Å². The summed E-state index contributed by atoms with van der Waals surface area (Å²) in [5.41, 5.74) is 0.522. The lowest BCUT2D eigenvalue weighted by Gasteiger charge is -2.16. The van der Waals surface area contributed by atoms with E-state index in [1.165, 1.54) is 10.4 Å². The van der Waals surface area contributed by atoms with Crippen molar-refractivity contribution in [2.75, 3.05) is 25.0 Å². The molecule has 0 unspecified atom stereocenters. The standard InChI is InChI=1S/C22H23FN4O4S/c23-20-8-7-17(15-21(20)32(29,30)27-11-1-2-12-27)22(28)25-18-5-3-6-19(16-18)31-14-13-26-10-4-9-24-26/h3-10,15-16H,1-2,11-14H2,(H,25,28). The molecule has 1 N–H and O–H groups in total. The van der Waals surface area contributed by atoms with Crippen molar-refractivity contribution in [1.82, 2.24) is 14.1 Å². The molecule has 4 rings (SSSR count). The SMILES string of the molecule is O=C(Nc1cccc(OCCn2cccn2)c1)c1ccc(F)c(S(=O)(=O)N2CCCC2)c1. The van der Waals surface area contributed by atoms with Gasteiger partial charge in [0.15, 0.2) is 0 Å². The fourth-order valence-electron chi connectivity index (χ4n) is 3.47. The highest BCUT2D eigenvalue weighted by Gasteiger charge is 2.30. The van der Waals surface area contributed by atoms with E-state index in [-0.39, 0.29) is 5.56 Å². The highest BCUT2D eigenvalue weighted by molar-refractivity contribution is 7.89. The number of rotatable bonds is 8. The van der Waals surface area contributed by atoms with Crippen LogP contribution in [-0.2, 0) is 16.6 Å². The molecule has 1 fully saturated rings. The van der Waals surface area contributed by atoms with Crippen LogP contribution < -0.4 is 10.1 Å². The van der Waals surface area contributed by atoms with E-state index in [2.05, 4.69) is 10.4 Å². The van der Waals surface area contributed by atoms with E-state index in [0.717, 1.165) is 25.0 Å². The lowest BCUT2D eigenvalue weighted by atomic mass is 10.2. The Hall–Kier alpha value is -3.24. The molecule has 1 aliphatic heterocycles. The van der Waals surface area contributed by atoms with Gasteiger partial charge in [0.1, 0.15) is 23.1 Å². The van der Waals surface area contributed by atoms with Crippen LogP contribution in [0.4, 0.5) is 10.1 Å². The summed E-state index contributed by atoms with van der Waals surface area (Å²) in [4.78, 5) is 12.2. The Labute approximate surface area is 185 Å². The molecule has 1 saturated heterocycles. The van der Waals surface area contributed by atoms with Gasteiger partial charge in [-0.1, -0.05) is 6.07 Å². The third kappa shape index (κ3) is 4.97. The van der Waals surface area contributed by atoms with Crippen LogP contribution in [-0.4, -0.2) is 48.1 Å². The Morgan fingerprint density at radius 3 is 2.69 bits per heavy atom. The number of aromatic nitrogens is 2. The summed E-state index contributed by atoms with van der Waals surface area (Å²) in [7, 11) is -3.98. The number of carbonyl (C=O) groups is 1. The van der Waals surface area contributed by atoms with E-state index in [9.17, 15) is 17.6 Å². The number of hydrogen-bond donors (Lipinski definition) is 1. The fourth-order valence-corrected chi connectivity index (χ4v) is 5.07. The molecule has 168 valence electrons. The zero-order valence-electron chi connectivity index (χ0n) is 17.3. The Morgan fingerprint density at radius 2 is 1.94 bits per heavy atom. The maximum atomic E-state index is 14.3. The molecule has 2 aromatic carbocycles. The maximum Gasteiger partial charge on any atom is 0.255 e. The van der Waals surface area contributed by atoms with E-state index in [0.29, 0.717) is 37.7 Å². The average Bonchev–Trinajstić information content (AvgIpc) is 3.49. The second kappa shape index (κ2) is 9.49. The van der Waals surface area contributed by atoms with E-state index in [4.69, 9.17) is 4.74 Å². The quantitative estimate of drug-likeness (QED) is 0.560. The molecule has 0 saturated carbocycles. The fraction of sp³-hybridized carbons (Fsp3) is 0.273. The molecule has 1 aliphatic rings.